The zero-order valence-corrected chi connectivity index (χ0v) is 21.3. The molecule has 2 N–H and O–H groups in total. The minimum absolute atomic E-state index is 0.190. The minimum Gasteiger partial charge on any atom is -0.495 e. The van der Waals surface area contributed by atoms with E-state index >= 15 is 0 Å². The van der Waals surface area contributed by atoms with Crippen LogP contribution in [-0.2, 0) is 4.79 Å². The van der Waals surface area contributed by atoms with Crippen LogP contribution < -0.4 is 20.3 Å². The number of pyridine rings is 1. The van der Waals surface area contributed by atoms with Gasteiger partial charge in [0.1, 0.15) is 11.8 Å². The van der Waals surface area contributed by atoms with Gasteiger partial charge in [-0.3, -0.25) is 9.78 Å². The van der Waals surface area contributed by atoms with Crippen molar-refractivity contribution in [2.45, 2.75) is 19.0 Å². The number of ether oxygens (including phenoxy) is 1. The highest BCUT2D eigenvalue weighted by atomic mass is 35.5. The van der Waals surface area contributed by atoms with E-state index in [1.54, 1.807) is 13.3 Å². The predicted molar refractivity (Wildman–Crippen MR) is 146 cm³/mol. The lowest BCUT2D eigenvalue weighted by Crippen LogP contribution is -2.30. The number of thiocarbonyl (C=S) groups is 1. The molecule has 4 aromatic rings. The molecule has 1 amide bonds. The maximum atomic E-state index is 11.9. The minimum atomic E-state index is -0.250. The van der Waals surface area contributed by atoms with Gasteiger partial charge >= 0.3 is 0 Å². The third-order valence-electron chi connectivity index (χ3n) is 6.04. The highest BCUT2D eigenvalue weighted by Crippen LogP contribution is 2.43. The summed E-state index contributed by atoms with van der Waals surface area (Å²) in [6.07, 6.45) is 3.78. The number of benzene rings is 2. The molecular formula is C27H24ClN5O2S. The van der Waals surface area contributed by atoms with Crippen molar-refractivity contribution in [1.82, 2.24) is 14.9 Å². The molecule has 1 fully saturated rings. The highest BCUT2D eigenvalue weighted by molar-refractivity contribution is 7.80. The number of amides is 1. The zero-order chi connectivity index (χ0) is 25.2. The molecule has 0 aliphatic carbocycles. The van der Waals surface area contributed by atoms with Crippen LogP contribution in [0.25, 0.3) is 5.69 Å². The topological polar surface area (TPSA) is 71.4 Å². The summed E-state index contributed by atoms with van der Waals surface area (Å²) in [6, 6.07) is 22.8. The summed E-state index contributed by atoms with van der Waals surface area (Å²) >= 11 is 12.2. The Balaban J connectivity index is 1.66. The molecule has 1 saturated heterocycles. The number of halogens is 1. The van der Waals surface area contributed by atoms with Crippen LogP contribution >= 0.6 is 23.8 Å². The third-order valence-corrected chi connectivity index (χ3v) is 6.59. The van der Waals surface area contributed by atoms with Crippen molar-refractivity contribution < 1.29 is 9.53 Å². The molecular weight excluding hydrogens is 494 g/mol. The third kappa shape index (κ3) is 4.53. The van der Waals surface area contributed by atoms with Gasteiger partial charge in [0.2, 0.25) is 5.91 Å². The van der Waals surface area contributed by atoms with E-state index in [2.05, 4.69) is 31.2 Å². The number of methoxy groups -OCH3 is 1. The lowest BCUT2D eigenvalue weighted by molar-refractivity contribution is -0.114. The van der Waals surface area contributed by atoms with Crippen molar-refractivity contribution in [3.63, 3.8) is 0 Å². The van der Waals surface area contributed by atoms with Gasteiger partial charge in [-0.05, 0) is 72.9 Å². The fourth-order valence-electron chi connectivity index (χ4n) is 4.56. The number of carbonyl (C=O) groups excluding carboxylic acids is 1. The number of nitrogens with zero attached hydrogens (tertiary/aromatic N) is 3. The predicted octanol–water partition coefficient (Wildman–Crippen LogP) is 5.67. The van der Waals surface area contributed by atoms with Crippen molar-refractivity contribution in [3.05, 3.63) is 102 Å². The molecule has 7 nitrogen and oxygen atoms in total. The molecule has 9 heteroatoms. The maximum absolute atomic E-state index is 11.9. The maximum Gasteiger partial charge on any atom is 0.221 e. The van der Waals surface area contributed by atoms with Gasteiger partial charge in [0, 0.05) is 41.4 Å². The number of hydrogen-bond acceptors (Lipinski definition) is 4. The van der Waals surface area contributed by atoms with Crippen molar-refractivity contribution in [3.8, 4) is 11.4 Å². The van der Waals surface area contributed by atoms with Gasteiger partial charge in [-0.15, -0.1) is 0 Å². The summed E-state index contributed by atoms with van der Waals surface area (Å²) in [5, 5.41) is 7.53. The summed E-state index contributed by atoms with van der Waals surface area (Å²) < 4.78 is 7.56. The van der Waals surface area contributed by atoms with E-state index in [4.69, 9.17) is 28.6 Å². The Morgan fingerprint density at radius 2 is 1.94 bits per heavy atom. The van der Waals surface area contributed by atoms with Crippen LogP contribution in [0.4, 0.5) is 11.4 Å². The summed E-state index contributed by atoms with van der Waals surface area (Å²) in [4.78, 5) is 18.5. The lowest BCUT2D eigenvalue weighted by Gasteiger charge is -2.29. The number of nitrogens with one attached hydrogen (secondary N) is 2. The molecule has 2 unspecified atom stereocenters. The molecule has 0 bridgehead atoms. The second-order valence-electron chi connectivity index (χ2n) is 8.35. The van der Waals surface area contributed by atoms with E-state index in [0.29, 0.717) is 21.6 Å². The Hall–Kier alpha value is -3.88. The highest BCUT2D eigenvalue weighted by Gasteiger charge is 2.42. The van der Waals surface area contributed by atoms with Crippen LogP contribution in [-0.4, -0.2) is 27.7 Å². The number of hydrogen-bond donors (Lipinski definition) is 2. The molecule has 3 heterocycles. The van der Waals surface area contributed by atoms with E-state index in [1.165, 1.54) is 6.92 Å². The van der Waals surface area contributed by atoms with Crippen LogP contribution in [0.5, 0.6) is 5.75 Å². The van der Waals surface area contributed by atoms with Gasteiger partial charge in [-0.1, -0.05) is 23.7 Å². The van der Waals surface area contributed by atoms with Crippen molar-refractivity contribution in [2.24, 2.45) is 0 Å². The van der Waals surface area contributed by atoms with Gasteiger partial charge in [-0.2, -0.15) is 0 Å². The van der Waals surface area contributed by atoms with Crippen LogP contribution in [0.3, 0.4) is 0 Å². The van der Waals surface area contributed by atoms with Crippen LogP contribution in [0.15, 0.2) is 85.2 Å². The van der Waals surface area contributed by atoms with E-state index in [-0.39, 0.29) is 18.0 Å². The standard InChI is InChI=1S/C27H24ClN5O2S/c1-17(34)30-22-16-20(11-12-24(22)35-2)33-26(25(31-27(33)36)21-9-3-4-13-29-21)23-10-6-14-32(23)19-8-5-7-18(28)15-19/h3-16,25-26H,1-2H3,(H,30,34)(H,31,36). The van der Waals surface area contributed by atoms with Crippen LogP contribution in [0, 0.1) is 0 Å². The molecule has 5 rings (SSSR count). The average molecular weight is 518 g/mol. The number of rotatable bonds is 6. The Labute approximate surface area is 219 Å². The van der Waals surface area contributed by atoms with Crippen LogP contribution in [0.2, 0.25) is 5.02 Å². The first-order valence-corrected chi connectivity index (χ1v) is 12.1. The largest absolute Gasteiger partial charge is 0.495 e. The number of aromatic nitrogens is 2. The van der Waals surface area contributed by atoms with Gasteiger partial charge in [0.25, 0.3) is 0 Å². The Kier molecular flexibility index (Phi) is 6.63. The molecule has 2 aromatic heterocycles. The van der Waals surface area contributed by atoms with E-state index in [0.717, 1.165) is 22.8 Å². The normalized spacial score (nSPS) is 17.1. The quantitative estimate of drug-likeness (QED) is 0.321. The van der Waals surface area contributed by atoms with Crippen LogP contribution in [0.1, 0.15) is 30.4 Å². The molecule has 0 radical (unpaired) electrons. The molecule has 36 heavy (non-hydrogen) atoms. The van der Waals surface area contributed by atoms with Crippen molar-refractivity contribution >= 4 is 46.2 Å². The van der Waals surface area contributed by atoms with Gasteiger partial charge in [-0.25, -0.2) is 0 Å². The summed E-state index contributed by atoms with van der Waals surface area (Å²) in [6.45, 7) is 1.46. The summed E-state index contributed by atoms with van der Waals surface area (Å²) in [5.74, 6) is 0.373. The summed E-state index contributed by atoms with van der Waals surface area (Å²) in [7, 11) is 1.57. The molecule has 0 saturated carbocycles. The second-order valence-corrected chi connectivity index (χ2v) is 9.17. The first-order valence-electron chi connectivity index (χ1n) is 11.4. The monoisotopic (exact) mass is 517 g/mol. The SMILES string of the molecule is COc1ccc(N2C(=S)NC(c3ccccn3)C2c2cccn2-c2cccc(Cl)c2)cc1NC(C)=O. The molecule has 182 valence electrons. The zero-order valence-electron chi connectivity index (χ0n) is 19.7. The molecule has 1 aliphatic rings. The molecule has 1 aliphatic heterocycles. The fraction of sp³-hybridized carbons (Fsp3) is 0.148. The van der Waals surface area contributed by atoms with E-state index in [9.17, 15) is 4.79 Å². The fourth-order valence-corrected chi connectivity index (χ4v) is 5.09. The first-order chi connectivity index (χ1) is 17.5. The Morgan fingerprint density at radius 1 is 1.08 bits per heavy atom. The molecule has 0 spiro atoms. The van der Waals surface area contributed by atoms with Crippen molar-refractivity contribution in [2.75, 3.05) is 17.3 Å². The first kappa shape index (κ1) is 23.8. The van der Waals surface area contributed by atoms with Gasteiger partial charge in [0.15, 0.2) is 5.11 Å². The van der Waals surface area contributed by atoms with Crippen molar-refractivity contribution in [1.29, 1.82) is 0 Å². The average Bonchev–Trinajstić information content (AvgIpc) is 3.48. The van der Waals surface area contributed by atoms with E-state index in [1.807, 2.05) is 72.9 Å². The Bertz CT molecular complexity index is 1420. The van der Waals surface area contributed by atoms with E-state index < -0.39 is 0 Å². The van der Waals surface area contributed by atoms with Gasteiger partial charge in [0.05, 0.1) is 24.5 Å². The second kappa shape index (κ2) is 10.0. The summed E-state index contributed by atoms with van der Waals surface area (Å²) in [5.41, 5.74) is 4.17. The lowest BCUT2D eigenvalue weighted by atomic mass is 10.0. The molecule has 2 atom stereocenters. The van der Waals surface area contributed by atoms with Gasteiger partial charge < -0.3 is 24.8 Å². The smallest absolute Gasteiger partial charge is 0.221 e. The molecule has 2 aromatic carbocycles. The Morgan fingerprint density at radius 3 is 2.67 bits per heavy atom. The number of carbonyl (C=O) groups is 1. The number of anilines is 2.